The van der Waals surface area contributed by atoms with Crippen molar-refractivity contribution in [3.8, 4) is 0 Å². The van der Waals surface area contributed by atoms with Crippen LogP contribution < -0.4 is 11.0 Å². The third-order valence-corrected chi connectivity index (χ3v) is 5.15. The first-order valence-electron chi connectivity index (χ1n) is 9.36. The van der Waals surface area contributed by atoms with Gasteiger partial charge in [0.2, 0.25) is 0 Å². The molecule has 0 aliphatic carbocycles. The van der Waals surface area contributed by atoms with Crippen molar-refractivity contribution in [1.82, 2.24) is 14.9 Å². The van der Waals surface area contributed by atoms with E-state index in [-0.39, 0.29) is 34.5 Å². The maximum atomic E-state index is 12.8. The summed E-state index contributed by atoms with van der Waals surface area (Å²) < 4.78 is 5.51. The molecule has 1 aliphatic heterocycles. The molecule has 0 saturated heterocycles. The summed E-state index contributed by atoms with van der Waals surface area (Å²) in [5.41, 5.74) is 1.50. The zero-order valence-corrected chi connectivity index (χ0v) is 16.1. The average molecular weight is 396 g/mol. The first-order valence-corrected chi connectivity index (χ1v) is 9.36. The molecule has 9 heteroatoms. The molecular weight excluding hydrogens is 376 g/mol. The smallest absolute Gasteiger partial charge is 0.270 e. The summed E-state index contributed by atoms with van der Waals surface area (Å²) in [6.07, 6.45) is 2.00. The molecule has 1 N–H and O–H groups in total. The highest BCUT2D eigenvalue weighted by Gasteiger charge is 2.23. The van der Waals surface area contributed by atoms with Crippen LogP contribution in [-0.2, 0) is 19.5 Å². The molecule has 0 atom stereocenters. The molecule has 2 aromatic heterocycles. The van der Waals surface area contributed by atoms with E-state index >= 15 is 0 Å². The van der Waals surface area contributed by atoms with Crippen LogP contribution in [0.5, 0.6) is 0 Å². The number of benzene rings is 1. The molecule has 1 aliphatic rings. The number of nitrogens with zero attached hydrogens (tertiary/aromatic N) is 3. The minimum absolute atomic E-state index is 0.136. The first kappa shape index (κ1) is 19.0. The Balaban J connectivity index is 1.63. The van der Waals surface area contributed by atoms with Crippen LogP contribution in [0.3, 0.4) is 0 Å². The molecule has 9 nitrogen and oxygen atoms in total. The van der Waals surface area contributed by atoms with Crippen molar-refractivity contribution in [2.75, 3.05) is 6.54 Å². The predicted molar refractivity (Wildman–Crippen MR) is 106 cm³/mol. The Morgan fingerprint density at radius 3 is 2.86 bits per heavy atom. The lowest BCUT2D eigenvalue weighted by molar-refractivity contribution is -0.384. The molecule has 0 radical (unpaired) electrons. The molecule has 3 heterocycles. The maximum Gasteiger partial charge on any atom is 0.270 e. The molecule has 150 valence electrons. The number of hydrogen-bond acceptors (Lipinski definition) is 7. The Morgan fingerprint density at radius 2 is 2.14 bits per heavy atom. The van der Waals surface area contributed by atoms with Crippen LogP contribution in [0.25, 0.3) is 11.0 Å². The van der Waals surface area contributed by atoms with E-state index in [2.05, 4.69) is 9.97 Å². The van der Waals surface area contributed by atoms with Gasteiger partial charge in [-0.25, -0.2) is 4.98 Å². The van der Waals surface area contributed by atoms with E-state index < -0.39 is 4.92 Å². The van der Waals surface area contributed by atoms with Gasteiger partial charge in [-0.15, -0.1) is 0 Å². The second-order valence-corrected chi connectivity index (χ2v) is 7.52. The van der Waals surface area contributed by atoms with Crippen molar-refractivity contribution in [1.29, 1.82) is 0 Å². The number of hydrogen-bond donors (Lipinski definition) is 1. The topological polar surface area (TPSA) is 122 Å². The number of H-pyrrole nitrogens is 1. The van der Waals surface area contributed by atoms with Gasteiger partial charge in [0, 0.05) is 49.7 Å². The molecule has 3 aromatic rings. The summed E-state index contributed by atoms with van der Waals surface area (Å²) in [7, 11) is 0. The highest BCUT2D eigenvalue weighted by atomic mass is 16.6. The van der Waals surface area contributed by atoms with E-state index in [1.165, 1.54) is 24.5 Å². The molecule has 0 amide bonds. The lowest BCUT2D eigenvalue weighted by atomic mass is 10.0. The van der Waals surface area contributed by atoms with E-state index in [1.807, 2.05) is 18.7 Å². The van der Waals surface area contributed by atoms with Crippen molar-refractivity contribution in [3.63, 3.8) is 0 Å². The standard InChI is InChI=1S/C20H20N4O5/c1-11(2)19-21-16-5-6-23(9-15(16)20(26)22-19)8-12-10-29-17-4-3-13(24(27)28)7-14(17)18(12)25/h3-4,7,10-11H,5-6,8-9H2,1-2H3,(H,21,22,26). The van der Waals surface area contributed by atoms with Gasteiger partial charge in [0.05, 0.1) is 27.8 Å². The fourth-order valence-corrected chi connectivity index (χ4v) is 3.53. The van der Waals surface area contributed by atoms with Gasteiger partial charge >= 0.3 is 0 Å². The molecule has 0 spiro atoms. The van der Waals surface area contributed by atoms with Crippen molar-refractivity contribution < 1.29 is 9.34 Å². The van der Waals surface area contributed by atoms with Crippen molar-refractivity contribution in [2.45, 2.75) is 39.3 Å². The maximum absolute atomic E-state index is 12.8. The van der Waals surface area contributed by atoms with E-state index in [0.29, 0.717) is 42.0 Å². The Labute approximate surface area is 165 Å². The minimum Gasteiger partial charge on any atom is -0.464 e. The Kier molecular flexibility index (Phi) is 4.75. The average Bonchev–Trinajstić information content (AvgIpc) is 2.70. The Morgan fingerprint density at radius 1 is 1.34 bits per heavy atom. The van der Waals surface area contributed by atoms with Gasteiger partial charge in [-0.2, -0.15) is 0 Å². The van der Waals surface area contributed by atoms with E-state index in [1.54, 1.807) is 0 Å². The van der Waals surface area contributed by atoms with Crippen molar-refractivity contribution in [3.05, 3.63) is 77.8 Å². The Hall–Kier alpha value is -3.33. The van der Waals surface area contributed by atoms with Crippen LogP contribution in [0, 0.1) is 10.1 Å². The molecule has 0 bridgehead atoms. The Bertz CT molecular complexity index is 1230. The van der Waals surface area contributed by atoms with Crippen molar-refractivity contribution >= 4 is 16.7 Å². The zero-order valence-electron chi connectivity index (χ0n) is 16.1. The number of nitro groups is 1. The molecule has 29 heavy (non-hydrogen) atoms. The second-order valence-electron chi connectivity index (χ2n) is 7.52. The fraction of sp³-hybridized carbons (Fsp3) is 0.350. The molecule has 0 saturated carbocycles. The lowest BCUT2D eigenvalue weighted by Gasteiger charge is -2.27. The van der Waals surface area contributed by atoms with Gasteiger partial charge in [0.25, 0.3) is 11.2 Å². The van der Waals surface area contributed by atoms with Gasteiger partial charge in [-0.1, -0.05) is 13.8 Å². The highest BCUT2D eigenvalue weighted by molar-refractivity contribution is 5.79. The number of aromatic amines is 1. The van der Waals surface area contributed by atoms with E-state index in [4.69, 9.17) is 4.42 Å². The van der Waals surface area contributed by atoms with E-state index in [0.717, 1.165) is 5.69 Å². The number of rotatable bonds is 4. The van der Waals surface area contributed by atoms with Crippen LogP contribution in [0.15, 0.2) is 38.5 Å². The number of nitrogens with one attached hydrogen (secondary N) is 1. The summed E-state index contributed by atoms with van der Waals surface area (Å²) in [6, 6.07) is 3.96. The fourth-order valence-electron chi connectivity index (χ4n) is 3.53. The number of fused-ring (bicyclic) bond motifs is 2. The number of non-ortho nitro benzene ring substituents is 1. The summed E-state index contributed by atoms with van der Waals surface area (Å²) in [4.78, 5) is 45.1. The lowest BCUT2D eigenvalue weighted by Crippen LogP contribution is -2.36. The highest BCUT2D eigenvalue weighted by Crippen LogP contribution is 2.21. The summed E-state index contributed by atoms with van der Waals surface area (Å²) in [6.45, 7) is 5.26. The molecule has 0 unspecified atom stereocenters. The third kappa shape index (κ3) is 3.56. The van der Waals surface area contributed by atoms with Crippen LogP contribution in [0.4, 0.5) is 5.69 Å². The van der Waals surface area contributed by atoms with Crippen molar-refractivity contribution in [2.24, 2.45) is 0 Å². The summed E-state index contributed by atoms with van der Waals surface area (Å²) in [5.74, 6) is 0.816. The molecule has 1 aromatic carbocycles. The number of nitro benzene ring substituents is 1. The number of aromatic nitrogens is 2. The van der Waals surface area contributed by atoms with Gasteiger partial charge in [-0.05, 0) is 6.07 Å². The van der Waals surface area contributed by atoms with E-state index in [9.17, 15) is 19.7 Å². The summed E-state index contributed by atoms with van der Waals surface area (Å²) >= 11 is 0. The van der Waals surface area contributed by atoms with Gasteiger partial charge in [0.1, 0.15) is 11.4 Å². The normalized spacial score (nSPS) is 14.3. The van der Waals surface area contributed by atoms with Gasteiger partial charge in [-0.3, -0.25) is 24.6 Å². The van der Waals surface area contributed by atoms with Crippen LogP contribution in [0.2, 0.25) is 0 Å². The van der Waals surface area contributed by atoms with Crippen LogP contribution in [0.1, 0.15) is 42.4 Å². The van der Waals surface area contributed by atoms with Gasteiger partial charge in [0.15, 0.2) is 5.43 Å². The first-order chi connectivity index (χ1) is 13.8. The van der Waals surface area contributed by atoms with Gasteiger partial charge < -0.3 is 9.40 Å². The monoisotopic (exact) mass is 396 g/mol. The second kappa shape index (κ2) is 7.25. The largest absolute Gasteiger partial charge is 0.464 e. The SMILES string of the molecule is CC(C)c1nc2c(c(=O)[nH]1)CN(Cc1coc3ccc([N+](=O)[O-])cc3c1=O)CC2. The molecule has 0 fully saturated rings. The quantitative estimate of drug-likeness (QED) is 0.531. The predicted octanol–water partition coefficient (Wildman–Crippen LogP) is 2.47. The molecular formula is C20H20N4O5. The third-order valence-electron chi connectivity index (χ3n) is 5.15. The molecule has 4 rings (SSSR count). The zero-order chi connectivity index (χ0) is 20.7. The minimum atomic E-state index is -0.544. The van der Waals surface area contributed by atoms with Crippen LogP contribution >= 0.6 is 0 Å². The summed E-state index contributed by atoms with van der Waals surface area (Å²) in [5, 5.41) is 11.2. The van der Waals surface area contributed by atoms with Crippen LogP contribution in [-0.4, -0.2) is 26.3 Å².